The Morgan fingerprint density at radius 2 is 2.11 bits per heavy atom. The van der Waals surface area contributed by atoms with Gasteiger partial charge in [0.15, 0.2) is 0 Å². The second-order valence-corrected chi connectivity index (χ2v) is 5.30. The number of aromatic nitrogens is 2. The summed E-state index contributed by atoms with van der Waals surface area (Å²) in [4.78, 5) is 14.0. The third kappa shape index (κ3) is 2.32. The number of carbonyl (C=O) groups is 1. The minimum Gasteiger partial charge on any atom is -0.395 e. The fourth-order valence-electron chi connectivity index (χ4n) is 2.63. The van der Waals surface area contributed by atoms with Crippen molar-refractivity contribution in [2.45, 2.75) is 45.8 Å². The number of nitrogen functional groups attached to an aromatic ring is 1. The maximum Gasteiger partial charge on any atom is 0.274 e. The van der Waals surface area contributed by atoms with Crippen LogP contribution in [0.25, 0.3) is 0 Å². The molecular formula is C13H22N4O2. The van der Waals surface area contributed by atoms with Crippen LogP contribution in [0, 0.1) is 6.92 Å². The molecule has 3 N–H and O–H groups in total. The lowest BCUT2D eigenvalue weighted by Gasteiger charge is -2.46. The van der Waals surface area contributed by atoms with E-state index in [-0.39, 0.29) is 5.91 Å². The molecule has 0 aromatic carbocycles. The molecule has 1 fully saturated rings. The van der Waals surface area contributed by atoms with Gasteiger partial charge >= 0.3 is 0 Å². The Kier molecular flexibility index (Phi) is 3.54. The molecule has 0 radical (unpaired) electrons. The van der Waals surface area contributed by atoms with Gasteiger partial charge in [0.05, 0.1) is 30.1 Å². The number of amides is 1. The molecule has 0 saturated carbocycles. The van der Waals surface area contributed by atoms with Gasteiger partial charge in [-0.25, -0.2) is 0 Å². The van der Waals surface area contributed by atoms with Crippen molar-refractivity contribution in [1.29, 1.82) is 0 Å². The van der Waals surface area contributed by atoms with Crippen molar-refractivity contribution < 1.29 is 9.90 Å². The molecule has 0 spiro atoms. The number of hydrogen-bond donors (Lipinski definition) is 2. The summed E-state index contributed by atoms with van der Waals surface area (Å²) in [6.07, 6.45) is 1.63. The lowest BCUT2D eigenvalue weighted by Crippen LogP contribution is -2.63. The summed E-state index contributed by atoms with van der Waals surface area (Å²) in [6.45, 7) is 7.11. The molecule has 0 aliphatic carbocycles. The first-order valence-corrected chi connectivity index (χ1v) is 6.76. The Hall–Kier alpha value is -1.56. The van der Waals surface area contributed by atoms with E-state index in [1.54, 1.807) is 16.5 Å². The standard InChI is InChI=1S/C13H22N4O2/c1-4-6-13(19)7-16(8-13)12(18)11-10(14)9(3)15-17(11)5-2/h19H,4-8,14H2,1-3H3. The zero-order valence-corrected chi connectivity index (χ0v) is 11.8. The van der Waals surface area contributed by atoms with E-state index in [1.165, 1.54) is 0 Å². The van der Waals surface area contributed by atoms with E-state index < -0.39 is 5.60 Å². The Morgan fingerprint density at radius 1 is 1.47 bits per heavy atom. The predicted octanol–water partition coefficient (Wildman–Crippen LogP) is 0.781. The van der Waals surface area contributed by atoms with E-state index in [0.717, 1.165) is 12.8 Å². The molecule has 1 aromatic rings. The van der Waals surface area contributed by atoms with E-state index in [1.807, 2.05) is 13.8 Å². The fraction of sp³-hybridized carbons (Fsp3) is 0.692. The van der Waals surface area contributed by atoms with Gasteiger partial charge in [-0.3, -0.25) is 9.48 Å². The molecule has 1 aliphatic heterocycles. The highest BCUT2D eigenvalue weighted by Gasteiger charge is 2.44. The quantitative estimate of drug-likeness (QED) is 0.843. The number of likely N-dealkylation sites (tertiary alicyclic amines) is 1. The molecule has 106 valence electrons. The number of aryl methyl sites for hydroxylation is 2. The van der Waals surface area contributed by atoms with Crippen molar-refractivity contribution in [1.82, 2.24) is 14.7 Å². The molecule has 1 aliphatic rings. The van der Waals surface area contributed by atoms with Gasteiger partial charge in [-0.05, 0) is 20.3 Å². The molecule has 2 heterocycles. The molecule has 0 bridgehead atoms. The van der Waals surface area contributed by atoms with E-state index in [9.17, 15) is 9.90 Å². The van der Waals surface area contributed by atoms with Crippen LogP contribution in [-0.4, -0.2) is 44.4 Å². The largest absolute Gasteiger partial charge is 0.395 e. The summed E-state index contributed by atoms with van der Waals surface area (Å²) in [5.41, 5.74) is 6.77. The number of carbonyl (C=O) groups excluding carboxylic acids is 1. The van der Waals surface area contributed by atoms with Crippen molar-refractivity contribution >= 4 is 11.6 Å². The maximum absolute atomic E-state index is 12.4. The van der Waals surface area contributed by atoms with E-state index in [0.29, 0.717) is 36.7 Å². The Bertz CT molecular complexity index is 489. The first kappa shape index (κ1) is 13.9. The highest BCUT2D eigenvalue weighted by Crippen LogP contribution is 2.29. The molecule has 0 unspecified atom stereocenters. The summed E-state index contributed by atoms with van der Waals surface area (Å²) in [6, 6.07) is 0. The monoisotopic (exact) mass is 266 g/mol. The first-order chi connectivity index (χ1) is 8.91. The summed E-state index contributed by atoms with van der Waals surface area (Å²) in [5.74, 6) is -0.138. The minimum atomic E-state index is -0.717. The van der Waals surface area contributed by atoms with Crippen molar-refractivity contribution in [3.63, 3.8) is 0 Å². The van der Waals surface area contributed by atoms with Gasteiger partial charge in [0.25, 0.3) is 5.91 Å². The third-order valence-corrected chi connectivity index (χ3v) is 3.65. The lowest BCUT2D eigenvalue weighted by atomic mass is 9.89. The normalized spacial score (nSPS) is 17.4. The minimum absolute atomic E-state index is 0.138. The summed E-state index contributed by atoms with van der Waals surface area (Å²) in [5, 5.41) is 14.4. The Morgan fingerprint density at radius 3 is 2.63 bits per heavy atom. The van der Waals surface area contributed by atoms with E-state index in [4.69, 9.17) is 5.73 Å². The second-order valence-electron chi connectivity index (χ2n) is 5.30. The SMILES string of the molecule is CCCC1(O)CN(C(=O)c2c(N)c(C)nn2CC)C1. The van der Waals surface area contributed by atoms with Crippen LogP contribution in [0.2, 0.25) is 0 Å². The van der Waals surface area contributed by atoms with Crippen LogP contribution in [-0.2, 0) is 6.54 Å². The third-order valence-electron chi connectivity index (χ3n) is 3.65. The van der Waals surface area contributed by atoms with Crippen molar-refractivity contribution in [2.24, 2.45) is 0 Å². The molecule has 6 heteroatoms. The van der Waals surface area contributed by atoms with Gasteiger partial charge in [0.2, 0.25) is 0 Å². The number of anilines is 1. The number of nitrogens with zero attached hydrogens (tertiary/aromatic N) is 3. The number of hydrogen-bond acceptors (Lipinski definition) is 4. The first-order valence-electron chi connectivity index (χ1n) is 6.76. The van der Waals surface area contributed by atoms with Crippen LogP contribution >= 0.6 is 0 Å². The molecule has 19 heavy (non-hydrogen) atoms. The molecular weight excluding hydrogens is 244 g/mol. The van der Waals surface area contributed by atoms with Crippen LogP contribution in [0.15, 0.2) is 0 Å². The molecule has 1 amide bonds. The predicted molar refractivity (Wildman–Crippen MR) is 72.8 cm³/mol. The van der Waals surface area contributed by atoms with E-state index >= 15 is 0 Å². The highest BCUT2D eigenvalue weighted by atomic mass is 16.3. The smallest absolute Gasteiger partial charge is 0.274 e. The van der Waals surface area contributed by atoms with Gasteiger partial charge in [0.1, 0.15) is 5.69 Å². The zero-order valence-electron chi connectivity index (χ0n) is 11.8. The fourth-order valence-corrected chi connectivity index (χ4v) is 2.63. The van der Waals surface area contributed by atoms with Crippen molar-refractivity contribution in [3.8, 4) is 0 Å². The van der Waals surface area contributed by atoms with Gasteiger partial charge in [-0.2, -0.15) is 5.10 Å². The van der Waals surface area contributed by atoms with Gasteiger partial charge in [0, 0.05) is 6.54 Å². The summed E-state index contributed by atoms with van der Waals surface area (Å²) >= 11 is 0. The van der Waals surface area contributed by atoms with E-state index in [2.05, 4.69) is 5.10 Å². The highest BCUT2D eigenvalue weighted by molar-refractivity contribution is 5.98. The lowest BCUT2D eigenvalue weighted by molar-refractivity contribution is -0.0863. The molecule has 0 atom stereocenters. The number of aliphatic hydroxyl groups is 1. The summed E-state index contributed by atoms with van der Waals surface area (Å²) in [7, 11) is 0. The van der Waals surface area contributed by atoms with Crippen LogP contribution < -0.4 is 5.73 Å². The average Bonchev–Trinajstić information content (AvgIpc) is 2.61. The Labute approximate surface area is 113 Å². The maximum atomic E-state index is 12.4. The van der Waals surface area contributed by atoms with Crippen molar-refractivity contribution in [2.75, 3.05) is 18.8 Å². The number of rotatable bonds is 4. The van der Waals surface area contributed by atoms with Gasteiger partial charge in [-0.1, -0.05) is 13.3 Å². The van der Waals surface area contributed by atoms with Gasteiger partial charge < -0.3 is 15.7 Å². The van der Waals surface area contributed by atoms with Gasteiger partial charge in [-0.15, -0.1) is 0 Å². The van der Waals surface area contributed by atoms with Crippen LogP contribution in [0.4, 0.5) is 5.69 Å². The van der Waals surface area contributed by atoms with Crippen LogP contribution in [0.1, 0.15) is 42.9 Å². The average molecular weight is 266 g/mol. The van der Waals surface area contributed by atoms with Crippen molar-refractivity contribution in [3.05, 3.63) is 11.4 Å². The zero-order chi connectivity index (χ0) is 14.2. The molecule has 6 nitrogen and oxygen atoms in total. The molecule has 1 aromatic heterocycles. The second kappa shape index (κ2) is 4.85. The molecule has 2 rings (SSSR count). The van der Waals surface area contributed by atoms with Crippen LogP contribution in [0.5, 0.6) is 0 Å². The number of nitrogens with two attached hydrogens (primary N) is 1. The van der Waals surface area contributed by atoms with Crippen LogP contribution in [0.3, 0.4) is 0 Å². The number of β-amino-alcohol motifs (C(OH)–C–C–N with tert-alkyl or cyclic N) is 1. The summed E-state index contributed by atoms with van der Waals surface area (Å²) < 4.78 is 1.63. The molecule has 1 saturated heterocycles. The topological polar surface area (TPSA) is 84.4 Å². The Balaban J connectivity index is 2.14.